The van der Waals surface area contributed by atoms with Gasteiger partial charge in [-0.15, -0.1) is 0 Å². The minimum absolute atomic E-state index is 0.0462. The molecule has 0 bridgehead atoms. The Balaban J connectivity index is 1.60. The second-order valence-electron chi connectivity index (χ2n) is 3.93. The highest BCUT2D eigenvalue weighted by Crippen LogP contribution is 2.14. The fourth-order valence-corrected chi connectivity index (χ4v) is 1.74. The zero-order chi connectivity index (χ0) is 11.2. The topological polar surface area (TPSA) is 69.0 Å². The van der Waals surface area contributed by atoms with Crippen molar-refractivity contribution >= 4 is 5.91 Å². The first-order valence-electron chi connectivity index (χ1n) is 5.53. The van der Waals surface area contributed by atoms with Crippen LogP contribution in [0.3, 0.4) is 0 Å². The molecule has 1 amide bonds. The molecule has 0 saturated carbocycles. The maximum Gasteiger partial charge on any atom is 0.243 e. The molecule has 1 saturated heterocycles. The third-order valence-electron chi connectivity index (χ3n) is 2.65. The molecule has 2 rings (SSSR count). The van der Waals surface area contributed by atoms with Crippen LogP contribution in [-0.2, 0) is 16.1 Å². The lowest BCUT2D eigenvalue weighted by Crippen LogP contribution is -2.30. The van der Waals surface area contributed by atoms with Crippen LogP contribution in [0, 0.1) is 5.92 Å². The first-order chi connectivity index (χ1) is 7.84. The quantitative estimate of drug-likeness (QED) is 0.753. The summed E-state index contributed by atoms with van der Waals surface area (Å²) in [5, 5.41) is 10.6. The summed E-state index contributed by atoms with van der Waals surface area (Å²) >= 11 is 0. The first kappa shape index (κ1) is 11.1. The van der Waals surface area contributed by atoms with Crippen LogP contribution in [0.1, 0.15) is 12.8 Å². The zero-order valence-electron chi connectivity index (χ0n) is 9.13. The molecule has 6 heteroatoms. The minimum atomic E-state index is -0.0462. The summed E-state index contributed by atoms with van der Waals surface area (Å²) in [6, 6.07) is 0. The van der Waals surface area contributed by atoms with Crippen LogP contribution in [0.25, 0.3) is 0 Å². The van der Waals surface area contributed by atoms with Crippen LogP contribution in [0.2, 0.25) is 0 Å². The second-order valence-corrected chi connectivity index (χ2v) is 3.93. The number of rotatable bonds is 5. The maximum atomic E-state index is 11.4. The standard InChI is InChI=1S/C10H16N4O2/c15-10(7-14-12-4-5-13-14)11-3-1-9-2-6-16-8-9/h4-5,9H,1-3,6-8H2,(H,11,15)/t9-/m0/s1. The average molecular weight is 224 g/mol. The van der Waals surface area contributed by atoms with E-state index in [0.29, 0.717) is 12.5 Å². The predicted octanol–water partition coefficient (Wildman–Crippen LogP) is -0.179. The van der Waals surface area contributed by atoms with Gasteiger partial charge in [-0.1, -0.05) is 0 Å². The van der Waals surface area contributed by atoms with Crippen molar-refractivity contribution in [1.29, 1.82) is 0 Å². The predicted molar refractivity (Wildman–Crippen MR) is 56.6 cm³/mol. The maximum absolute atomic E-state index is 11.4. The lowest BCUT2D eigenvalue weighted by Gasteiger charge is -2.08. The minimum Gasteiger partial charge on any atom is -0.381 e. The number of hydrogen-bond donors (Lipinski definition) is 1. The Morgan fingerprint density at radius 3 is 3.00 bits per heavy atom. The van der Waals surface area contributed by atoms with Gasteiger partial charge in [-0.2, -0.15) is 15.0 Å². The summed E-state index contributed by atoms with van der Waals surface area (Å²) in [7, 11) is 0. The van der Waals surface area contributed by atoms with Gasteiger partial charge in [0.15, 0.2) is 0 Å². The molecule has 1 atom stereocenters. The van der Waals surface area contributed by atoms with Crippen LogP contribution in [-0.4, -0.2) is 40.7 Å². The lowest BCUT2D eigenvalue weighted by atomic mass is 10.1. The number of amides is 1. The summed E-state index contributed by atoms with van der Waals surface area (Å²) in [5.41, 5.74) is 0. The van der Waals surface area contributed by atoms with Crippen LogP contribution < -0.4 is 5.32 Å². The number of carbonyl (C=O) groups is 1. The summed E-state index contributed by atoms with van der Waals surface area (Å²) in [5.74, 6) is 0.554. The highest BCUT2D eigenvalue weighted by atomic mass is 16.5. The Morgan fingerprint density at radius 1 is 1.50 bits per heavy atom. The normalized spacial score (nSPS) is 19.9. The molecule has 2 heterocycles. The number of ether oxygens (including phenoxy) is 1. The van der Waals surface area contributed by atoms with Crippen molar-refractivity contribution in [3.63, 3.8) is 0 Å². The van der Waals surface area contributed by atoms with Crippen molar-refractivity contribution in [3.05, 3.63) is 12.4 Å². The first-order valence-corrected chi connectivity index (χ1v) is 5.53. The molecule has 0 aromatic carbocycles. The van der Waals surface area contributed by atoms with E-state index < -0.39 is 0 Å². The van der Waals surface area contributed by atoms with Crippen LogP contribution in [0.4, 0.5) is 0 Å². The highest BCUT2D eigenvalue weighted by Gasteiger charge is 2.15. The number of nitrogens with one attached hydrogen (secondary N) is 1. The van der Waals surface area contributed by atoms with E-state index >= 15 is 0 Å². The smallest absolute Gasteiger partial charge is 0.243 e. The number of nitrogens with zero attached hydrogens (tertiary/aromatic N) is 3. The van der Waals surface area contributed by atoms with Crippen molar-refractivity contribution in [2.75, 3.05) is 19.8 Å². The molecule has 1 N–H and O–H groups in total. The monoisotopic (exact) mass is 224 g/mol. The van der Waals surface area contributed by atoms with Crippen LogP contribution in [0.5, 0.6) is 0 Å². The van der Waals surface area contributed by atoms with Gasteiger partial charge in [0.1, 0.15) is 6.54 Å². The second kappa shape index (κ2) is 5.60. The largest absolute Gasteiger partial charge is 0.381 e. The Labute approximate surface area is 94.0 Å². The lowest BCUT2D eigenvalue weighted by molar-refractivity contribution is -0.122. The van der Waals surface area contributed by atoms with Crippen molar-refractivity contribution < 1.29 is 9.53 Å². The van der Waals surface area contributed by atoms with E-state index in [1.165, 1.54) is 4.80 Å². The number of carbonyl (C=O) groups excluding carboxylic acids is 1. The van der Waals surface area contributed by atoms with Gasteiger partial charge >= 0.3 is 0 Å². The Kier molecular flexibility index (Phi) is 3.87. The van der Waals surface area contributed by atoms with E-state index in [2.05, 4.69) is 15.5 Å². The summed E-state index contributed by atoms with van der Waals surface area (Å²) in [4.78, 5) is 12.8. The van der Waals surface area contributed by atoms with Gasteiger partial charge < -0.3 is 10.1 Å². The summed E-state index contributed by atoms with van der Waals surface area (Å²) in [6.45, 7) is 2.58. The van der Waals surface area contributed by atoms with Gasteiger partial charge in [0, 0.05) is 19.8 Å². The van der Waals surface area contributed by atoms with E-state index in [9.17, 15) is 4.79 Å². The Hall–Kier alpha value is -1.43. The van der Waals surface area contributed by atoms with Gasteiger partial charge in [-0.3, -0.25) is 4.79 Å². The van der Waals surface area contributed by atoms with Crippen molar-refractivity contribution in [3.8, 4) is 0 Å². The molecule has 88 valence electrons. The van der Waals surface area contributed by atoms with E-state index in [1.54, 1.807) is 12.4 Å². The molecule has 1 aromatic heterocycles. The molecule has 1 aliphatic rings. The van der Waals surface area contributed by atoms with Crippen molar-refractivity contribution in [2.45, 2.75) is 19.4 Å². The molecule has 16 heavy (non-hydrogen) atoms. The molecule has 0 spiro atoms. The third kappa shape index (κ3) is 3.30. The fourth-order valence-electron chi connectivity index (χ4n) is 1.74. The SMILES string of the molecule is O=C(Cn1nccn1)NCC[C@H]1CCOC1. The van der Waals surface area contributed by atoms with Crippen LogP contribution >= 0.6 is 0 Å². The molecule has 0 aliphatic carbocycles. The zero-order valence-corrected chi connectivity index (χ0v) is 9.13. The average Bonchev–Trinajstić information content (AvgIpc) is 2.90. The number of aromatic nitrogens is 3. The van der Waals surface area contributed by atoms with E-state index in [4.69, 9.17) is 4.74 Å². The molecule has 6 nitrogen and oxygen atoms in total. The van der Waals surface area contributed by atoms with Crippen molar-refractivity contribution in [1.82, 2.24) is 20.3 Å². The van der Waals surface area contributed by atoms with Gasteiger partial charge in [0.25, 0.3) is 0 Å². The molecule has 1 aliphatic heterocycles. The Morgan fingerprint density at radius 2 is 2.31 bits per heavy atom. The summed E-state index contributed by atoms with van der Waals surface area (Å²) < 4.78 is 5.26. The van der Waals surface area contributed by atoms with E-state index in [-0.39, 0.29) is 12.5 Å². The van der Waals surface area contributed by atoms with Gasteiger partial charge in [0.2, 0.25) is 5.91 Å². The molecule has 0 unspecified atom stereocenters. The fraction of sp³-hybridized carbons (Fsp3) is 0.700. The molecular weight excluding hydrogens is 208 g/mol. The molecule has 1 fully saturated rings. The van der Waals surface area contributed by atoms with Gasteiger partial charge in [0.05, 0.1) is 12.4 Å². The van der Waals surface area contributed by atoms with E-state index in [1.807, 2.05) is 0 Å². The van der Waals surface area contributed by atoms with E-state index in [0.717, 1.165) is 26.1 Å². The van der Waals surface area contributed by atoms with Gasteiger partial charge in [-0.05, 0) is 18.8 Å². The Bertz CT molecular complexity index is 320. The highest BCUT2D eigenvalue weighted by molar-refractivity contribution is 5.75. The molecular formula is C10H16N4O2. The van der Waals surface area contributed by atoms with Gasteiger partial charge in [-0.25, -0.2) is 0 Å². The molecule has 0 radical (unpaired) electrons. The third-order valence-corrected chi connectivity index (χ3v) is 2.65. The summed E-state index contributed by atoms with van der Waals surface area (Å²) in [6.07, 6.45) is 5.21. The van der Waals surface area contributed by atoms with Crippen molar-refractivity contribution in [2.24, 2.45) is 5.92 Å². The molecule has 1 aromatic rings. The number of hydrogen-bond acceptors (Lipinski definition) is 4. The van der Waals surface area contributed by atoms with Crippen LogP contribution in [0.15, 0.2) is 12.4 Å².